The molecule has 0 aromatic heterocycles. The van der Waals surface area contributed by atoms with Gasteiger partial charge in [0.25, 0.3) is 0 Å². The van der Waals surface area contributed by atoms with Crippen LogP contribution >= 0.6 is 0 Å². The topological polar surface area (TPSA) is 20.3 Å². The number of carbonyl (C=O) groups excluding carboxylic acids is 1. The average Bonchev–Trinajstić information content (AvgIpc) is 2.34. The van der Waals surface area contributed by atoms with E-state index in [2.05, 4.69) is 59.7 Å². The van der Waals surface area contributed by atoms with Gasteiger partial charge in [-0.1, -0.05) is 37.6 Å². The van der Waals surface area contributed by atoms with Gasteiger partial charge >= 0.3 is 0 Å². The molecule has 0 atom stereocenters. The first-order valence-corrected chi connectivity index (χ1v) is 7.66. The molecule has 20 heavy (non-hydrogen) atoms. The summed E-state index contributed by atoms with van der Waals surface area (Å²) >= 11 is 0. The van der Waals surface area contributed by atoms with Crippen LogP contribution in [0, 0.1) is 19.8 Å². The highest BCUT2D eigenvalue weighted by Crippen LogP contribution is 2.14. The fourth-order valence-electron chi connectivity index (χ4n) is 2.51. The largest absolute Gasteiger partial charge is 0.340 e. The highest BCUT2D eigenvalue weighted by atomic mass is 16.2. The van der Waals surface area contributed by atoms with E-state index in [9.17, 15) is 4.79 Å². The molecule has 0 aliphatic rings. The highest BCUT2D eigenvalue weighted by Gasteiger charge is 2.17. The van der Waals surface area contributed by atoms with Crippen molar-refractivity contribution in [3.05, 3.63) is 34.9 Å². The summed E-state index contributed by atoms with van der Waals surface area (Å²) in [6.45, 7) is 13.6. The molecule has 0 bridgehead atoms. The molecule has 1 aromatic rings. The van der Waals surface area contributed by atoms with Gasteiger partial charge < -0.3 is 4.90 Å². The molecule has 0 saturated carbocycles. The summed E-state index contributed by atoms with van der Waals surface area (Å²) in [7, 11) is 0. The van der Waals surface area contributed by atoms with E-state index >= 15 is 0 Å². The normalized spacial score (nSPS) is 11.2. The Hall–Kier alpha value is -1.31. The number of benzene rings is 1. The van der Waals surface area contributed by atoms with Gasteiger partial charge in [-0.2, -0.15) is 0 Å². The van der Waals surface area contributed by atoms with Gasteiger partial charge in [-0.3, -0.25) is 4.79 Å². The minimum atomic E-state index is 0.272. The van der Waals surface area contributed by atoms with Crippen molar-refractivity contribution in [2.24, 2.45) is 5.92 Å². The standard InChI is InChI=1S/C18H29NO/c1-13(2)12-19(14(3)4)18(20)10-9-17-8-7-15(5)11-16(17)6/h7-8,11,13-14H,9-10,12H2,1-6H3. The Morgan fingerprint density at radius 2 is 1.80 bits per heavy atom. The van der Waals surface area contributed by atoms with Crippen molar-refractivity contribution >= 4 is 5.91 Å². The molecular weight excluding hydrogens is 246 g/mol. The summed E-state index contributed by atoms with van der Waals surface area (Å²) in [6, 6.07) is 6.75. The van der Waals surface area contributed by atoms with Crippen LogP contribution < -0.4 is 0 Å². The van der Waals surface area contributed by atoms with Crippen LogP contribution in [0.5, 0.6) is 0 Å². The van der Waals surface area contributed by atoms with Crippen LogP contribution in [0.1, 0.15) is 50.8 Å². The van der Waals surface area contributed by atoms with Crippen LogP contribution in [0.3, 0.4) is 0 Å². The molecule has 1 amide bonds. The fraction of sp³-hybridized carbons (Fsp3) is 0.611. The molecule has 1 aromatic carbocycles. The molecule has 0 aliphatic carbocycles. The molecule has 0 unspecified atom stereocenters. The van der Waals surface area contributed by atoms with Crippen molar-refractivity contribution in [2.45, 2.75) is 60.4 Å². The van der Waals surface area contributed by atoms with Crippen LogP contribution in [-0.2, 0) is 11.2 Å². The molecule has 2 heteroatoms. The Kier molecular flexibility index (Phi) is 6.25. The summed E-state index contributed by atoms with van der Waals surface area (Å²) in [5.74, 6) is 0.788. The van der Waals surface area contributed by atoms with Crippen LogP contribution in [0.25, 0.3) is 0 Å². The van der Waals surface area contributed by atoms with Gasteiger partial charge in [0.1, 0.15) is 0 Å². The lowest BCUT2D eigenvalue weighted by Gasteiger charge is -2.28. The molecule has 0 fully saturated rings. The number of carbonyl (C=O) groups is 1. The molecule has 2 nitrogen and oxygen atoms in total. The van der Waals surface area contributed by atoms with Crippen LogP contribution in [0.2, 0.25) is 0 Å². The fourth-order valence-corrected chi connectivity index (χ4v) is 2.51. The zero-order chi connectivity index (χ0) is 15.3. The van der Waals surface area contributed by atoms with Crippen molar-refractivity contribution in [1.82, 2.24) is 4.90 Å². The Morgan fingerprint density at radius 3 is 2.30 bits per heavy atom. The van der Waals surface area contributed by atoms with Gasteiger partial charge in [0.05, 0.1) is 0 Å². The Balaban J connectivity index is 2.65. The monoisotopic (exact) mass is 275 g/mol. The van der Waals surface area contributed by atoms with E-state index in [1.54, 1.807) is 0 Å². The van der Waals surface area contributed by atoms with E-state index in [4.69, 9.17) is 0 Å². The van der Waals surface area contributed by atoms with Crippen LogP contribution in [-0.4, -0.2) is 23.4 Å². The van der Waals surface area contributed by atoms with Crippen LogP contribution in [0.15, 0.2) is 18.2 Å². The molecule has 1 rings (SSSR count). The SMILES string of the molecule is Cc1ccc(CCC(=O)N(CC(C)C)C(C)C)c(C)c1. The lowest BCUT2D eigenvalue weighted by atomic mass is 10.0. The first-order valence-electron chi connectivity index (χ1n) is 7.66. The molecular formula is C18H29NO. The Morgan fingerprint density at radius 1 is 1.15 bits per heavy atom. The van der Waals surface area contributed by atoms with Gasteiger partial charge in [0.2, 0.25) is 5.91 Å². The highest BCUT2D eigenvalue weighted by molar-refractivity contribution is 5.76. The zero-order valence-corrected chi connectivity index (χ0v) is 13.9. The molecule has 0 heterocycles. The van der Waals surface area contributed by atoms with E-state index in [0.717, 1.165) is 13.0 Å². The van der Waals surface area contributed by atoms with Crippen molar-refractivity contribution in [2.75, 3.05) is 6.54 Å². The predicted octanol–water partition coefficient (Wildman–Crippen LogP) is 4.13. The van der Waals surface area contributed by atoms with Crippen molar-refractivity contribution in [3.8, 4) is 0 Å². The van der Waals surface area contributed by atoms with Crippen molar-refractivity contribution in [1.29, 1.82) is 0 Å². The number of hydrogen-bond acceptors (Lipinski definition) is 1. The molecule has 0 N–H and O–H groups in total. The second-order valence-electron chi connectivity index (χ2n) is 6.46. The summed E-state index contributed by atoms with van der Waals surface area (Å²) in [5, 5.41) is 0. The molecule has 0 spiro atoms. The third kappa shape index (κ3) is 4.99. The van der Waals surface area contributed by atoms with E-state index in [-0.39, 0.29) is 11.9 Å². The maximum Gasteiger partial charge on any atom is 0.223 e. The summed E-state index contributed by atoms with van der Waals surface area (Å²) in [4.78, 5) is 14.4. The third-order valence-corrected chi connectivity index (χ3v) is 3.61. The summed E-state index contributed by atoms with van der Waals surface area (Å²) in [5.41, 5.74) is 3.86. The molecule has 0 radical (unpaired) electrons. The summed E-state index contributed by atoms with van der Waals surface area (Å²) < 4.78 is 0. The second kappa shape index (κ2) is 7.47. The second-order valence-corrected chi connectivity index (χ2v) is 6.46. The molecule has 0 saturated heterocycles. The Bertz CT molecular complexity index is 449. The average molecular weight is 275 g/mol. The summed E-state index contributed by atoms with van der Waals surface area (Å²) in [6.07, 6.45) is 1.45. The van der Waals surface area contributed by atoms with Crippen molar-refractivity contribution in [3.63, 3.8) is 0 Å². The maximum atomic E-state index is 12.4. The van der Waals surface area contributed by atoms with Crippen LogP contribution in [0.4, 0.5) is 0 Å². The smallest absolute Gasteiger partial charge is 0.223 e. The maximum absolute atomic E-state index is 12.4. The van der Waals surface area contributed by atoms with Gasteiger partial charge in [0.15, 0.2) is 0 Å². The lowest BCUT2D eigenvalue weighted by Crippen LogP contribution is -2.39. The minimum absolute atomic E-state index is 0.272. The number of rotatable bonds is 6. The first kappa shape index (κ1) is 16.7. The quantitative estimate of drug-likeness (QED) is 0.764. The predicted molar refractivity (Wildman–Crippen MR) is 85.9 cm³/mol. The van der Waals surface area contributed by atoms with Gasteiger partial charge in [-0.15, -0.1) is 0 Å². The van der Waals surface area contributed by atoms with Gasteiger partial charge in [-0.25, -0.2) is 0 Å². The first-order chi connectivity index (χ1) is 9.31. The minimum Gasteiger partial charge on any atom is -0.340 e. The number of nitrogens with zero attached hydrogens (tertiary/aromatic N) is 1. The number of hydrogen-bond donors (Lipinski definition) is 0. The number of aryl methyl sites for hydroxylation is 3. The molecule has 0 aliphatic heterocycles. The number of amides is 1. The van der Waals surface area contributed by atoms with Gasteiger partial charge in [0, 0.05) is 19.0 Å². The lowest BCUT2D eigenvalue weighted by molar-refractivity contribution is -0.133. The van der Waals surface area contributed by atoms with E-state index in [1.165, 1.54) is 16.7 Å². The molecule has 112 valence electrons. The van der Waals surface area contributed by atoms with E-state index in [0.29, 0.717) is 12.3 Å². The third-order valence-electron chi connectivity index (χ3n) is 3.61. The van der Waals surface area contributed by atoms with Gasteiger partial charge in [-0.05, 0) is 51.2 Å². The van der Waals surface area contributed by atoms with E-state index in [1.807, 2.05) is 4.90 Å². The van der Waals surface area contributed by atoms with E-state index < -0.39 is 0 Å². The van der Waals surface area contributed by atoms with Crippen molar-refractivity contribution < 1.29 is 4.79 Å². The Labute approximate surface area is 124 Å². The zero-order valence-electron chi connectivity index (χ0n) is 13.9.